The Kier molecular flexibility index (Phi) is 5.46. The molecule has 1 aliphatic rings. The van der Waals surface area contributed by atoms with Crippen molar-refractivity contribution in [2.45, 2.75) is 25.1 Å². The van der Waals surface area contributed by atoms with Crippen LogP contribution >= 0.6 is 0 Å². The first-order valence-corrected chi connectivity index (χ1v) is 8.25. The number of carbonyl (C=O) groups is 1. The quantitative estimate of drug-likeness (QED) is 0.848. The summed E-state index contributed by atoms with van der Waals surface area (Å²) in [6.45, 7) is 1.21. The number of carbonyl (C=O) groups excluding carboxylic acids is 1. The highest BCUT2D eigenvalue weighted by Crippen LogP contribution is 2.30. The maximum absolute atomic E-state index is 12.7. The van der Waals surface area contributed by atoms with Crippen LogP contribution in [0.25, 0.3) is 0 Å². The fourth-order valence-corrected chi connectivity index (χ4v) is 2.64. The maximum Gasteiger partial charge on any atom is 0.416 e. The van der Waals surface area contributed by atoms with E-state index in [4.69, 9.17) is 9.47 Å². The second kappa shape index (κ2) is 7.78. The number of nitrogens with one attached hydrogen (secondary N) is 1. The van der Waals surface area contributed by atoms with Crippen molar-refractivity contribution >= 4 is 11.6 Å². The van der Waals surface area contributed by atoms with Crippen LogP contribution in [0.4, 0.5) is 18.9 Å². The standard InChI is InChI=1S/C19H18F3NO3/c20-19(21,22)14-3-1-4-15(11-14)23-18(24)13-6-8-16(9-7-13)26-12-17-5-2-10-25-17/h1,3-4,6-9,11,17H,2,5,10,12H2,(H,23,24)/t17-/m0/s1. The number of rotatable bonds is 5. The molecule has 1 amide bonds. The number of anilines is 1. The van der Waals surface area contributed by atoms with E-state index >= 15 is 0 Å². The van der Waals surface area contributed by atoms with Crippen molar-refractivity contribution in [1.29, 1.82) is 0 Å². The Morgan fingerprint density at radius 2 is 1.96 bits per heavy atom. The van der Waals surface area contributed by atoms with Gasteiger partial charge < -0.3 is 14.8 Å². The highest BCUT2D eigenvalue weighted by atomic mass is 19.4. The zero-order chi connectivity index (χ0) is 18.6. The van der Waals surface area contributed by atoms with Crippen molar-refractivity contribution in [2.24, 2.45) is 0 Å². The smallest absolute Gasteiger partial charge is 0.416 e. The molecule has 2 aromatic rings. The molecule has 1 fully saturated rings. The first kappa shape index (κ1) is 18.3. The minimum Gasteiger partial charge on any atom is -0.491 e. The van der Waals surface area contributed by atoms with Crippen molar-refractivity contribution in [2.75, 3.05) is 18.5 Å². The van der Waals surface area contributed by atoms with E-state index in [2.05, 4.69) is 5.32 Å². The number of halogens is 3. The van der Waals surface area contributed by atoms with Crippen LogP contribution in [0.15, 0.2) is 48.5 Å². The Morgan fingerprint density at radius 3 is 2.62 bits per heavy atom. The molecule has 26 heavy (non-hydrogen) atoms. The van der Waals surface area contributed by atoms with E-state index in [0.29, 0.717) is 17.9 Å². The summed E-state index contributed by atoms with van der Waals surface area (Å²) < 4.78 is 49.2. The summed E-state index contributed by atoms with van der Waals surface area (Å²) in [5.74, 6) is 0.117. The lowest BCUT2D eigenvalue weighted by atomic mass is 10.1. The summed E-state index contributed by atoms with van der Waals surface area (Å²) in [6.07, 6.45) is -2.36. The second-order valence-corrected chi connectivity index (χ2v) is 6.00. The number of alkyl halides is 3. The SMILES string of the molecule is O=C(Nc1cccc(C(F)(F)F)c1)c1ccc(OC[C@@H]2CCCO2)cc1. The molecule has 0 aromatic heterocycles. The van der Waals surface area contributed by atoms with Crippen molar-refractivity contribution in [3.8, 4) is 5.75 Å². The Labute approximate surface area is 148 Å². The van der Waals surface area contributed by atoms with Gasteiger partial charge in [-0.3, -0.25) is 4.79 Å². The maximum atomic E-state index is 12.7. The summed E-state index contributed by atoms with van der Waals surface area (Å²) in [7, 11) is 0. The van der Waals surface area contributed by atoms with Crippen LogP contribution in [-0.2, 0) is 10.9 Å². The van der Waals surface area contributed by atoms with E-state index in [1.165, 1.54) is 12.1 Å². The van der Waals surface area contributed by atoms with Crippen LogP contribution in [0.1, 0.15) is 28.8 Å². The van der Waals surface area contributed by atoms with E-state index in [0.717, 1.165) is 31.6 Å². The number of hydrogen-bond acceptors (Lipinski definition) is 3. The van der Waals surface area contributed by atoms with Gasteiger partial charge in [-0.15, -0.1) is 0 Å². The first-order chi connectivity index (χ1) is 12.4. The molecule has 0 spiro atoms. The van der Waals surface area contributed by atoms with E-state index in [9.17, 15) is 18.0 Å². The summed E-state index contributed by atoms with van der Waals surface area (Å²) in [4.78, 5) is 12.2. The van der Waals surface area contributed by atoms with Crippen molar-refractivity contribution in [3.63, 3.8) is 0 Å². The summed E-state index contributed by atoms with van der Waals surface area (Å²) in [6, 6.07) is 10.9. The highest BCUT2D eigenvalue weighted by molar-refractivity contribution is 6.04. The summed E-state index contributed by atoms with van der Waals surface area (Å²) >= 11 is 0. The van der Waals surface area contributed by atoms with Gasteiger partial charge in [0, 0.05) is 17.9 Å². The molecule has 3 rings (SSSR count). The van der Waals surface area contributed by atoms with Crippen molar-refractivity contribution in [3.05, 3.63) is 59.7 Å². The van der Waals surface area contributed by atoms with E-state index in [1.54, 1.807) is 24.3 Å². The second-order valence-electron chi connectivity index (χ2n) is 6.00. The van der Waals surface area contributed by atoms with Gasteiger partial charge in [0.1, 0.15) is 12.4 Å². The molecule has 1 heterocycles. The molecule has 4 nitrogen and oxygen atoms in total. The topological polar surface area (TPSA) is 47.6 Å². The number of hydrogen-bond donors (Lipinski definition) is 1. The number of ether oxygens (including phenoxy) is 2. The van der Waals surface area contributed by atoms with Gasteiger partial charge in [0.05, 0.1) is 11.7 Å². The fourth-order valence-electron chi connectivity index (χ4n) is 2.64. The van der Waals surface area contributed by atoms with Crippen LogP contribution in [0, 0.1) is 0 Å². The van der Waals surface area contributed by atoms with E-state index in [1.807, 2.05) is 0 Å². The molecule has 7 heteroatoms. The average molecular weight is 365 g/mol. The molecule has 1 saturated heterocycles. The number of amides is 1. The van der Waals surface area contributed by atoms with Crippen molar-refractivity contribution < 1.29 is 27.4 Å². The molecule has 0 saturated carbocycles. The van der Waals surface area contributed by atoms with Crippen LogP contribution in [-0.4, -0.2) is 25.2 Å². The Hall–Kier alpha value is -2.54. The van der Waals surface area contributed by atoms with Gasteiger partial charge in [-0.05, 0) is 55.3 Å². The highest BCUT2D eigenvalue weighted by Gasteiger charge is 2.30. The minimum absolute atomic E-state index is 0.0866. The van der Waals surface area contributed by atoms with Crippen LogP contribution in [0.2, 0.25) is 0 Å². The van der Waals surface area contributed by atoms with Crippen molar-refractivity contribution in [1.82, 2.24) is 0 Å². The summed E-state index contributed by atoms with van der Waals surface area (Å²) in [5.41, 5.74) is -0.399. The third kappa shape index (κ3) is 4.76. The third-order valence-corrected chi connectivity index (χ3v) is 4.02. The Balaban J connectivity index is 1.59. The molecule has 1 N–H and O–H groups in total. The normalized spacial score (nSPS) is 17.1. The fraction of sp³-hybridized carbons (Fsp3) is 0.316. The molecule has 0 aliphatic carbocycles. The van der Waals surface area contributed by atoms with Gasteiger partial charge in [0.2, 0.25) is 0 Å². The molecular formula is C19H18F3NO3. The predicted molar refractivity (Wildman–Crippen MR) is 90.3 cm³/mol. The Morgan fingerprint density at radius 1 is 1.19 bits per heavy atom. The molecule has 0 unspecified atom stereocenters. The molecule has 2 aromatic carbocycles. The molecule has 1 atom stereocenters. The van der Waals surface area contributed by atoms with E-state index < -0.39 is 17.6 Å². The largest absolute Gasteiger partial charge is 0.491 e. The molecule has 1 aliphatic heterocycles. The first-order valence-electron chi connectivity index (χ1n) is 8.25. The monoisotopic (exact) mass is 365 g/mol. The molecule has 0 radical (unpaired) electrons. The van der Waals surface area contributed by atoms with Gasteiger partial charge >= 0.3 is 6.18 Å². The van der Waals surface area contributed by atoms with Gasteiger partial charge in [0.25, 0.3) is 5.91 Å². The molecular weight excluding hydrogens is 347 g/mol. The zero-order valence-electron chi connectivity index (χ0n) is 13.9. The lowest BCUT2D eigenvalue weighted by Gasteiger charge is -2.12. The van der Waals surface area contributed by atoms with Gasteiger partial charge in [-0.1, -0.05) is 6.07 Å². The minimum atomic E-state index is -4.46. The summed E-state index contributed by atoms with van der Waals surface area (Å²) in [5, 5.41) is 2.47. The van der Waals surface area contributed by atoms with Gasteiger partial charge in [-0.25, -0.2) is 0 Å². The van der Waals surface area contributed by atoms with Crippen LogP contribution < -0.4 is 10.1 Å². The zero-order valence-corrected chi connectivity index (χ0v) is 13.9. The predicted octanol–water partition coefficient (Wildman–Crippen LogP) is 4.52. The Bertz CT molecular complexity index is 753. The van der Waals surface area contributed by atoms with Crippen LogP contribution in [0.5, 0.6) is 5.75 Å². The van der Waals surface area contributed by atoms with E-state index in [-0.39, 0.29) is 11.8 Å². The number of benzene rings is 2. The molecule has 0 bridgehead atoms. The third-order valence-electron chi connectivity index (χ3n) is 4.02. The molecule has 138 valence electrons. The lowest BCUT2D eigenvalue weighted by molar-refractivity contribution is -0.137. The van der Waals surface area contributed by atoms with Crippen LogP contribution in [0.3, 0.4) is 0 Å². The lowest BCUT2D eigenvalue weighted by Crippen LogP contribution is -2.16. The average Bonchev–Trinajstić information content (AvgIpc) is 3.13. The van der Waals surface area contributed by atoms with Gasteiger partial charge in [0.15, 0.2) is 0 Å². The van der Waals surface area contributed by atoms with Gasteiger partial charge in [-0.2, -0.15) is 13.2 Å².